The Balaban J connectivity index is 1.97. The van der Waals surface area contributed by atoms with Crippen LogP contribution in [0.4, 0.5) is 17.2 Å². The van der Waals surface area contributed by atoms with Crippen LogP contribution in [0.5, 0.6) is 0 Å². The number of anilines is 3. The van der Waals surface area contributed by atoms with Crippen molar-refractivity contribution in [1.82, 2.24) is 9.55 Å². The Kier molecular flexibility index (Phi) is 7.20. The van der Waals surface area contributed by atoms with E-state index in [0.29, 0.717) is 13.1 Å². The second-order valence-electron chi connectivity index (χ2n) is 8.55. The number of aromatic nitrogens is 2. The zero-order valence-corrected chi connectivity index (χ0v) is 18.7. The van der Waals surface area contributed by atoms with E-state index >= 15 is 0 Å². The van der Waals surface area contributed by atoms with Crippen LogP contribution in [0.2, 0.25) is 0 Å². The number of benzene rings is 1. The van der Waals surface area contributed by atoms with Crippen molar-refractivity contribution in [1.29, 1.82) is 0 Å². The van der Waals surface area contributed by atoms with Crippen molar-refractivity contribution >= 4 is 23.1 Å². The molecule has 0 unspecified atom stereocenters. The number of amides is 1. The van der Waals surface area contributed by atoms with Gasteiger partial charge in [-0.1, -0.05) is 45.4 Å². The monoisotopic (exact) mass is 427 g/mol. The molecule has 1 aromatic heterocycles. The number of unbranched alkanes of at least 4 members (excludes halogenated alkanes) is 1. The van der Waals surface area contributed by atoms with Crippen molar-refractivity contribution in [2.75, 3.05) is 35.2 Å². The lowest BCUT2D eigenvalue weighted by Crippen LogP contribution is -2.47. The molecule has 0 aliphatic carbocycles. The highest BCUT2D eigenvalue weighted by Gasteiger charge is 2.27. The normalized spacial score (nSPS) is 13.4. The van der Waals surface area contributed by atoms with Crippen molar-refractivity contribution in [3.8, 4) is 0 Å². The van der Waals surface area contributed by atoms with Crippen LogP contribution in [0.1, 0.15) is 45.6 Å². The molecule has 31 heavy (non-hydrogen) atoms. The topological polar surface area (TPSA) is 104 Å². The Morgan fingerprint density at radius 2 is 2.00 bits per heavy atom. The fourth-order valence-electron chi connectivity index (χ4n) is 4.08. The fourth-order valence-corrected chi connectivity index (χ4v) is 4.08. The fraction of sp³-hybridized carbons (Fsp3) is 0.522. The van der Waals surface area contributed by atoms with Crippen LogP contribution in [0.25, 0.3) is 0 Å². The number of carbonyl (C=O) groups is 1. The number of aromatic amines is 1. The number of nitrogen functional groups attached to an aromatic ring is 1. The standard InChI is InChI=1S/C23H33N5O3/c1-4-5-13-27-21(24)20(22(30)25-23(27)31)28(14-16(2)3)19(29)15-26-12-8-10-17-9-6-7-11-18(17)26/h6-7,9,11,16H,4-5,8,10,12-15,24H2,1-3H3,(H,25,30,31). The van der Waals surface area contributed by atoms with Gasteiger partial charge in [-0.3, -0.25) is 19.1 Å². The van der Waals surface area contributed by atoms with Crippen LogP contribution in [0.15, 0.2) is 33.9 Å². The first-order valence-corrected chi connectivity index (χ1v) is 11.1. The average Bonchev–Trinajstić information content (AvgIpc) is 2.72. The van der Waals surface area contributed by atoms with Crippen LogP contribution in [0, 0.1) is 5.92 Å². The molecular weight excluding hydrogens is 394 g/mol. The molecule has 0 saturated heterocycles. The van der Waals surface area contributed by atoms with Crippen LogP contribution >= 0.6 is 0 Å². The maximum atomic E-state index is 13.5. The van der Waals surface area contributed by atoms with E-state index in [1.54, 1.807) is 0 Å². The predicted octanol–water partition coefficient (Wildman–Crippen LogP) is 2.36. The largest absolute Gasteiger partial charge is 0.383 e. The molecule has 3 N–H and O–H groups in total. The molecule has 2 heterocycles. The van der Waals surface area contributed by atoms with Gasteiger partial charge in [-0.2, -0.15) is 0 Å². The van der Waals surface area contributed by atoms with Gasteiger partial charge in [0.15, 0.2) is 5.69 Å². The number of para-hydroxylation sites is 1. The summed E-state index contributed by atoms with van der Waals surface area (Å²) in [5.41, 5.74) is 7.47. The van der Waals surface area contributed by atoms with Crippen LogP contribution in [-0.2, 0) is 17.8 Å². The quantitative estimate of drug-likeness (QED) is 0.673. The van der Waals surface area contributed by atoms with E-state index < -0.39 is 11.2 Å². The molecule has 0 atom stereocenters. The first kappa shape index (κ1) is 22.7. The SMILES string of the molecule is CCCCn1c(N)c(N(CC(C)C)C(=O)CN2CCCc3ccccc32)c(=O)[nH]c1=O. The predicted molar refractivity (Wildman–Crippen MR) is 125 cm³/mol. The minimum atomic E-state index is -0.622. The molecule has 8 heteroatoms. The number of carbonyl (C=O) groups excluding carboxylic acids is 1. The second-order valence-corrected chi connectivity index (χ2v) is 8.55. The van der Waals surface area contributed by atoms with Crippen LogP contribution in [-0.4, -0.2) is 35.1 Å². The minimum Gasteiger partial charge on any atom is -0.383 e. The molecule has 1 amide bonds. The summed E-state index contributed by atoms with van der Waals surface area (Å²) in [5, 5.41) is 0. The maximum Gasteiger partial charge on any atom is 0.330 e. The molecule has 0 radical (unpaired) electrons. The van der Waals surface area contributed by atoms with E-state index in [4.69, 9.17) is 5.73 Å². The third-order valence-corrected chi connectivity index (χ3v) is 5.60. The number of nitrogens with zero attached hydrogens (tertiary/aromatic N) is 3. The smallest absolute Gasteiger partial charge is 0.330 e. The number of hydrogen-bond acceptors (Lipinski definition) is 5. The van der Waals surface area contributed by atoms with Crippen molar-refractivity contribution in [3.63, 3.8) is 0 Å². The third kappa shape index (κ3) is 5.00. The number of aryl methyl sites for hydroxylation is 1. The van der Waals surface area contributed by atoms with E-state index in [1.807, 2.05) is 39.0 Å². The van der Waals surface area contributed by atoms with Gasteiger partial charge in [-0.15, -0.1) is 0 Å². The highest BCUT2D eigenvalue weighted by atomic mass is 16.2. The summed E-state index contributed by atoms with van der Waals surface area (Å²) in [4.78, 5) is 44.4. The lowest BCUT2D eigenvalue weighted by molar-refractivity contribution is -0.117. The van der Waals surface area contributed by atoms with Gasteiger partial charge in [-0.05, 0) is 36.8 Å². The second kappa shape index (κ2) is 9.85. The van der Waals surface area contributed by atoms with Crippen molar-refractivity contribution in [2.45, 2.75) is 53.0 Å². The highest BCUT2D eigenvalue weighted by molar-refractivity contribution is 5.98. The summed E-state index contributed by atoms with van der Waals surface area (Å²) < 4.78 is 1.36. The first-order chi connectivity index (χ1) is 14.8. The summed E-state index contributed by atoms with van der Waals surface area (Å²) >= 11 is 0. The van der Waals surface area contributed by atoms with E-state index in [1.165, 1.54) is 15.0 Å². The van der Waals surface area contributed by atoms with Crippen molar-refractivity contribution in [2.24, 2.45) is 5.92 Å². The lowest BCUT2D eigenvalue weighted by atomic mass is 10.0. The Bertz CT molecular complexity index is 1040. The van der Waals surface area contributed by atoms with E-state index in [2.05, 4.69) is 16.0 Å². The number of hydrogen-bond donors (Lipinski definition) is 2. The summed E-state index contributed by atoms with van der Waals surface area (Å²) in [6.45, 7) is 7.64. The molecule has 0 fully saturated rings. The third-order valence-electron chi connectivity index (χ3n) is 5.60. The molecule has 8 nitrogen and oxygen atoms in total. The number of nitrogens with one attached hydrogen (secondary N) is 1. The molecule has 1 aliphatic rings. The van der Waals surface area contributed by atoms with Crippen molar-refractivity contribution in [3.05, 3.63) is 50.7 Å². The number of H-pyrrole nitrogens is 1. The van der Waals surface area contributed by atoms with E-state index in [0.717, 1.165) is 37.9 Å². The first-order valence-electron chi connectivity index (χ1n) is 11.1. The molecule has 168 valence electrons. The van der Waals surface area contributed by atoms with Gasteiger partial charge in [0.2, 0.25) is 5.91 Å². The zero-order valence-electron chi connectivity index (χ0n) is 18.7. The molecule has 0 spiro atoms. The molecule has 1 aromatic carbocycles. The Morgan fingerprint density at radius 3 is 2.71 bits per heavy atom. The zero-order chi connectivity index (χ0) is 22.5. The summed E-state index contributed by atoms with van der Waals surface area (Å²) in [5.74, 6) is -0.0362. The van der Waals surface area contributed by atoms with Crippen LogP contribution in [0.3, 0.4) is 0 Å². The van der Waals surface area contributed by atoms with Crippen molar-refractivity contribution < 1.29 is 4.79 Å². The Hall–Kier alpha value is -3.03. The van der Waals surface area contributed by atoms with Gasteiger partial charge >= 0.3 is 5.69 Å². The lowest BCUT2D eigenvalue weighted by Gasteiger charge is -2.33. The van der Waals surface area contributed by atoms with Gasteiger partial charge in [0.1, 0.15) is 5.82 Å². The summed E-state index contributed by atoms with van der Waals surface area (Å²) in [6.07, 6.45) is 3.59. The van der Waals surface area contributed by atoms with Gasteiger partial charge in [0, 0.05) is 25.3 Å². The summed E-state index contributed by atoms with van der Waals surface area (Å²) in [7, 11) is 0. The van der Waals surface area contributed by atoms with Gasteiger partial charge < -0.3 is 15.5 Å². The highest BCUT2D eigenvalue weighted by Crippen LogP contribution is 2.27. The average molecular weight is 428 g/mol. The number of rotatable bonds is 8. The molecule has 0 saturated carbocycles. The van der Waals surface area contributed by atoms with Gasteiger partial charge in [0.05, 0.1) is 6.54 Å². The number of fused-ring (bicyclic) bond motifs is 1. The molecule has 3 rings (SSSR count). The molecule has 1 aliphatic heterocycles. The summed E-state index contributed by atoms with van der Waals surface area (Å²) in [6, 6.07) is 8.10. The molecule has 2 aromatic rings. The van der Waals surface area contributed by atoms with Crippen LogP contribution < -0.4 is 26.8 Å². The van der Waals surface area contributed by atoms with Gasteiger partial charge in [0.25, 0.3) is 5.56 Å². The Morgan fingerprint density at radius 1 is 1.26 bits per heavy atom. The maximum absolute atomic E-state index is 13.5. The molecule has 0 bridgehead atoms. The Labute approximate surface area is 182 Å². The van der Waals surface area contributed by atoms with E-state index in [9.17, 15) is 14.4 Å². The van der Waals surface area contributed by atoms with E-state index in [-0.39, 0.29) is 29.9 Å². The van der Waals surface area contributed by atoms with Gasteiger partial charge in [-0.25, -0.2) is 4.79 Å². The molecular formula is C23H33N5O3. The minimum absolute atomic E-state index is 0.0512. The number of nitrogens with two attached hydrogens (primary N) is 1.